The molecular formula is C11H14BiO2. The second-order valence-electron chi connectivity index (χ2n) is 2.86. The van der Waals surface area contributed by atoms with Gasteiger partial charge < -0.3 is 4.74 Å². The summed E-state index contributed by atoms with van der Waals surface area (Å²) in [5.41, 5.74) is 0.624. The van der Waals surface area contributed by atoms with E-state index in [1.165, 1.54) is 0 Å². The van der Waals surface area contributed by atoms with Crippen molar-refractivity contribution in [3.63, 3.8) is 0 Å². The fourth-order valence-electron chi connectivity index (χ4n) is 0.967. The quantitative estimate of drug-likeness (QED) is 0.450. The summed E-state index contributed by atoms with van der Waals surface area (Å²) in [6.07, 6.45) is 1.97. The van der Waals surface area contributed by atoms with Crippen molar-refractivity contribution >= 4 is 32.2 Å². The summed E-state index contributed by atoms with van der Waals surface area (Å²) in [5.74, 6) is -0.228. The van der Waals surface area contributed by atoms with Crippen LogP contribution in [0.3, 0.4) is 0 Å². The Morgan fingerprint density at radius 3 is 2.50 bits per heavy atom. The average Bonchev–Trinajstić information content (AvgIpc) is 2.19. The first kappa shape index (κ1) is 13.6. The molecule has 14 heavy (non-hydrogen) atoms. The third-order valence-corrected chi connectivity index (χ3v) is 1.74. The standard InChI is InChI=1S/C11H14O2.Bi/c1-2-3-9-13-11(12)10-7-5-4-6-8-10;/h4-8H,2-3,9H2,1H3;. The molecule has 3 radical (unpaired) electrons. The van der Waals surface area contributed by atoms with Crippen LogP contribution < -0.4 is 0 Å². The molecule has 0 fully saturated rings. The second-order valence-corrected chi connectivity index (χ2v) is 2.86. The zero-order valence-corrected chi connectivity index (χ0v) is 11.7. The van der Waals surface area contributed by atoms with Crippen molar-refractivity contribution in [1.82, 2.24) is 0 Å². The zero-order valence-electron chi connectivity index (χ0n) is 8.27. The predicted octanol–water partition coefficient (Wildman–Crippen LogP) is 2.26. The molecule has 1 aromatic rings. The maximum absolute atomic E-state index is 11.3. The Balaban J connectivity index is 0.00000169. The van der Waals surface area contributed by atoms with E-state index in [-0.39, 0.29) is 32.2 Å². The van der Waals surface area contributed by atoms with Crippen LogP contribution in [0.4, 0.5) is 0 Å². The molecule has 1 aromatic carbocycles. The molecule has 0 saturated heterocycles. The molecule has 0 spiro atoms. The normalized spacial score (nSPS) is 8.93. The minimum absolute atomic E-state index is 0. The third-order valence-electron chi connectivity index (χ3n) is 1.74. The Bertz CT molecular complexity index is 259. The Kier molecular flexibility index (Phi) is 7.69. The van der Waals surface area contributed by atoms with Gasteiger partial charge >= 0.3 is 5.97 Å². The number of benzene rings is 1. The fourth-order valence-corrected chi connectivity index (χ4v) is 0.967. The van der Waals surface area contributed by atoms with E-state index in [9.17, 15) is 4.79 Å². The van der Waals surface area contributed by atoms with Crippen LogP contribution in [0.2, 0.25) is 0 Å². The maximum Gasteiger partial charge on any atom is 0.338 e. The minimum atomic E-state index is -0.228. The maximum atomic E-state index is 11.3. The molecule has 0 aliphatic heterocycles. The molecule has 0 aromatic heterocycles. The van der Waals surface area contributed by atoms with Crippen molar-refractivity contribution in [2.45, 2.75) is 19.8 Å². The predicted molar refractivity (Wildman–Crippen MR) is 57.4 cm³/mol. The Labute approximate surface area is 104 Å². The summed E-state index contributed by atoms with van der Waals surface area (Å²) in [5, 5.41) is 0. The van der Waals surface area contributed by atoms with Gasteiger partial charge in [-0.3, -0.25) is 0 Å². The molecular weight excluding hydrogens is 373 g/mol. The number of carbonyl (C=O) groups excluding carboxylic acids is 1. The summed E-state index contributed by atoms with van der Waals surface area (Å²) in [4.78, 5) is 11.3. The van der Waals surface area contributed by atoms with Crippen molar-refractivity contribution in [3.8, 4) is 0 Å². The summed E-state index contributed by atoms with van der Waals surface area (Å²) in [6.45, 7) is 2.58. The molecule has 3 heteroatoms. The average molecular weight is 387 g/mol. The molecule has 1 rings (SSSR count). The number of hydrogen-bond donors (Lipinski definition) is 0. The van der Waals surface area contributed by atoms with Crippen LogP contribution >= 0.6 is 0 Å². The first-order chi connectivity index (χ1) is 6.34. The van der Waals surface area contributed by atoms with Crippen LogP contribution in [0.15, 0.2) is 30.3 Å². The summed E-state index contributed by atoms with van der Waals surface area (Å²) < 4.78 is 5.03. The molecule has 0 bridgehead atoms. The fraction of sp³-hybridized carbons (Fsp3) is 0.364. The molecule has 0 atom stereocenters. The van der Waals surface area contributed by atoms with Crippen LogP contribution in [0.5, 0.6) is 0 Å². The van der Waals surface area contributed by atoms with Crippen LogP contribution in [-0.2, 0) is 4.74 Å². The molecule has 0 aliphatic rings. The van der Waals surface area contributed by atoms with Gasteiger partial charge in [-0.2, -0.15) is 0 Å². The number of carbonyl (C=O) groups is 1. The number of rotatable bonds is 4. The number of ether oxygens (including phenoxy) is 1. The van der Waals surface area contributed by atoms with Crippen molar-refractivity contribution in [3.05, 3.63) is 35.9 Å². The summed E-state index contributed by atoms with van der Waals surface area (Å²) in [6, 6.07) is 9.05. The Hall–Kier alpha value is -0.427. The van der Waals surface area contributed by atoms with Crippen molar-refractivity contribution in [1.29, 1.82) is 0 Å². The van der Waals surface area contributed by atoms with E-state index < -0.39 is 0 Å². The smallest absolute Gasteiger partial charge is 0.338 e. The van der Waals surface area contributed by atoms with Gasteiger partial charge in [0.25, 0.3) is 0 Å². The number of unbranched alkanes of at least 4 members (excludes halogenated alkanes) is 1. The topological polar surface area (TPSA) is 26.3 Å². The Morgan fingerprint density at radius 1 is 1.29 bits per heavy atom. The van der Waals surface area contributed by atoms with E-state index in [0.29, 0.717) is 12.2 Å². The third kappa shape index (κ3) is 4.71. The summed E-state index contributed by atoms with van der Waals surface area (Å²) >= 11 is 0. The molecule has 2 nitrogen and oxygen atoms in total. The summed E-state index contributed by atoms with van der Waals surface area (Å²) in [7, 11) is 0. The van der Waals surface area contributed by atoms with Crippen molar-refractivity contribution < 1.29 is 9.53 Å². The first-order valence-corrected chi connectivity index (χ1v) is 4.56. The van der Waals surface area contributed by atoms with E-state index >= 15 is 0 Å². The van der Waals surface area contributed by atoms with E-state index in [1.807, 2.05) is 18.2 Å². The molecule has 0 N–H and O–H groups in total. The monoisotopic (exact) mass is 387 g/mol. The van der Waals surface area contributed by atoms with Gasteiger partial charge in [-0.15, -0.1) is 0 Å². The molecule has 0 heterocycles. The van der Waals surface area contributed by atoms with Gasteiger partial charge in [-0.1, -0.05) is 31.5 Å². The number of hydrogen-bond acceptors (Lipinski definition) is 2. The minimum Gasteiger partial charge on any atom is -0.462 e. The van der Waals surface area contributed by atoms with E-state index in [4.69, 9.17) is 4.74 Å². The van der Waals surface area contributed by atoms with Gasteiger partial charge in [0.2, 0.25) is 0 Å². The Morgan fingerprint density at radius 2 is 1.93 bits per heavy atom. The van der Waals surface area contributed by atoms with Gasteiger partial charge in [0.15, 0.2) is 0 Å². The van der Waals surface area contributed by atoms with Crippen molar-refractivity contribution in [2.75, 3.05) is 6.61 Å². The first-order valence-electron chi connectivity index (χ1n) is 4.56. The van der Waals surface area contributed by atoms with Crippen LogP contribution in [0.25, 0.3) is 0 Å². The molecule has 0 amide bonds. The molecule has 0 saturated carbocycles. The zero-order chi connectivity index (χ0) is 9.52. The van der Waals surface area contributed by atoms with Crippen molar-refractivity contribution in [2.24, 2.45) is 0 Å². The van der Waals surface area contributed by atoms with Crippen LogP contribution in [0.1, 0.15) is 30.1 Å². The van der Waals surface area contributed by atoms with Crippen LogP contribution in [0, 0.1) is 0 Å². The SMILES string of the molecule is CCCCOC(=O)c1ccccc1.[Bi]. The second kappa shape index (κ2) is 7.93. The van der Waals surface area contributed by atoms with Gasteiger partial charge in [-0.05, 0) is 18.6 Å². The van der Waals surface area contributed by atoms with Gasteiger partial charge in [0.05, 0.1) is 12.2 Å². The van der Waals surface area contributed by atoms with Gasteiger partial charge in [0, 0.05) is 26.2 Å². The molecule has 75 valence electrons. The van der Waals surface area contributed by atoms with Crippen LogP contribution in [-0.4, -0.2) is 38.8 Å². The van der Waals surface area contributed by atoms with Gasteiger partial charge in [0.1, 0.15) is 0 Å². The molecule has 0 unspecified atom stereocenters. The number of esters is 1. The van der Waals surface area contributed by atoms with E-state index in [0.717, 1.165) is 12.8 Å². The largest absolute Gasteiger partial charge is 0.462 e. The van der Waals surface area contributed by atoms with E-state index in [2.05, 4.69) is 6.92 Å². The van der Waals surface area contributed by atoms with E-state index in [1.54, 1.807) is 12.1 Å². The van der Waals surface area contributed by atoms with Gasteiger partial charge in [-0.25, -0.2) is 4.79 Å². The molecule has 0 aliphatic carbocycles.